The molecule has 0 unspecified atom stereocenters. The summed E-state index contributed by atoms with van der Waals surface area (Å²) in [7, 11) is 0. The van der Waals surface area contributed by atoms with E-state index in [0.29, 0.717) is 12.1 Å². The number of nitrogens with one attached hydrogen (secondary N) is 2. The molecule has 2 aromatic rings. The summed E-state index contributed by atoms with van der Waals surface area (Å²) >= 11 is 0. The Morgan fingerprint density at radius 3 is 2.90 bits per heavy atom. The SMILES string of the molecule is CCCNc1cc(NCc2cccc(C#N)c2)ccn1. The highest BCUT2D eigenvalue weighted by atomic mass is 15.0. The van der Waals surface area contributed by atoms with Crippen LogP contribution < -0.4 is 10.6 Å². The molecule has 102 valence electrons. The van der Waals surface area contributed by atoms with Gasteiger partial charge in [0.05, 0.1) is 11.6 Å². The van der Waals surface area contributed by atoms with Crippen LogP contribution in [0.1, 0.15) is 24.5 Å². The lowest BCUT2D eigenvalue weighted by Gasteiger charge is -2.09. The average molecular weight is 266 g/mol. The van der Waals surface area contributed by atoms with E-state index in [1.54, 1.807) is 6.20 Å². The van der Waals surface area contributed by atoms with Gasteiger partial charge in [-0.1, -0.05) is 19.1 Å². The molecule has 0 radical (unpaired) electrons. The van der Waals surface area contributed by atoms with Crippen molar-refractivity contribution in [2.24, 2.45) is 0 Å². The van der Waals surface area contributed by atoms with Crippen molar-refractivity contribution in [1.29, 1.82) is 5.26 Å². The normalized spacial score (nSPS) is 9.80. The van der Waals surface area contributed by atoms with Crippen LogP contribution in [0, 0.1) is 11.3 Å². The molecule has 0 saturated carbocycles. The molecule has 1 heterocycles. The van der Waals surface area contributed by atoms with E-state index < -0.39 is 0 Å². The number of rotatable bonds is 6. The fourth-order valence-corrected chi connectivity index (χ4v) is 1.85. The third-order valence-corrected chi connectivity index (χ3v) is 2.87. The highest BCUT2D eigenvalue weighted by Crippen LogP contribution is 2.13. The van der Waals surface area contributed by atoms with Crippen LogP contribution in [0.4, 0.5) is 11.5 Å². The Bertz CT molecular complexity index is 601. The first kappa shape index (κ1) is 13.9. The number of nitrogens with zero attached hydrogens (tertiary/aromatic N) is 2. The van der Waals surface area contributed by atoms with Gasteiger partial charge in [0.1, 0.15) is 5.82 Å². The number of benzene rings is 1. The molecular weight excluding hydrogens is 248 g/mol. The fraction of sp³-hybridized carbons (Fsp3) is 0.250. The summed E-state index contributed by atoms with van der Waals surface area (Å²) in [5.74, 6) is 0.877. The van der Waals surface area contributed by atoms with Gasteiger partial charge in [-0.2, -0.15) is 5.26 Å². The molecule has 0 fully saturated rings. The lowest BCUT2D eigenvalue weighted by Crippen LogP contribution is -2.04. The summed E-state index contributed by atoms with van der Waals surface area (Å²) in [5, 5.41) is 15.5. The second-order valence-corrected chi connectivity index (χ2v) is 4.52. The van der Waals surface area contributed by atoms with Crippen LogP contribution in [0.5, 0.6) is 0 Å². The predicted octanol–water partition coefficient (Wildman–Crippen LogP) is 3.39. The van der Waals surface area contributed by atoms with Crippen molar-refractivity contribution in [3.05, 3.63) is 53.7 Å². The zero-order valence-electron chi connectivity index (χ0n) is 11.6. The minimum atomic E-state index is 0.685. The fourth-order valence-electron chi connectivity index (χ4n) is 1.85. The Labute approximate surface area is 119 Å². The van der Waals surface area contributed by atoms with E-state index in [9.17, 15) is 0 Å². The van der Waals surface area contributed by atoms with Gasteiger partial charge in [0, 0.05) is 31.0 Å². The third kappa shape index (κ3) is 3.99. The summed E-state index contributed by atoms with van der Waals surface area (Å²) < 4.78 is 0. The molecule has 0 aliphatic carbocycles. The Morgan fingerprint density at radius 2 is 2.10 bits per heavy atom. The number of anilines is 2. The van der Waals surface area contributed by atoms with Crippen LogP contribution in [0.25, 0.3) is 0 Å². The van der Waals surface area contributed by atoms with Gasteiger partial charge >= 0.3 is 0 Å². The number of aromatic nitrogens is 1. The van der Waals surface area contributed by atoms with Gasteiger partial charge in [-0.15, -0.1) is 0 Å². The van der Waals surface area contributed by atoms with E-state index in [4.69, 9.17) is 5.26 Å². The second-order valence-electron chi connectivity index (χ2n) is 4.52. The molecule has 1 aromatic heterocycles. The third-order valence-electron chi connectivity index (χ3n) is 2.87. The molecule has 1 aromatic carbocycles. The van der Waals surface area contributed by atoms with Crippen molar-refractivity contribution in [2.45, 2.75) is 19.9 Å². The van der Waals surface area contributed by atoms with Crippen LogP contribution >= 0.6 is 0 Å². The topological polar surface area (TPSA) is 60.7 Å². The summed E-state index contributed by atoms with van der Waals surface area (Å²) in [5.41, 5.74) is 2.79. The maximum absolute atomic E-state index is 8.88. The van der Waals surface area contributed by atoms with Gasteiger partial charge in [0.2, 0.25) is 0 Å². The van der Waals surface area contributed by atoms with E-state index >= 15 is 0 Å². The molecule has 0 bridgehead atoms. The van der Waals surface area contributed by atoms with Gasteiger partial charge in [-0.25, -0.2) is 4.98 Å². The lowest BCUT2D eigenvalue weighted by molar-refractivity contribution is 0.969. The van der Waals surface area contributed by atoms with Crippen LogP contribution in [0.15, 0.2) is 42.6 Å². The quantitative estimate of drug-likeness (QED) is 0.841. The summed E-state index contributed by atoms with van der Waals surface area (Å²) in [6.07, 6.45) is 2.85. The second kappa shape index (κ2) is 7.15. The molecule has 4 heteroatoms. The van der Waals surface area contributed by atoms with Gasteiger partial charge in [-0.05, 0) is 30.2 Å². The molecule has 0 aliphatic rings. The number of nitriles is 1. The van der Waals surface area contributed by atoms with Crippen molar-refractivity contribution in [1.82, 2.24) is 4.98 Å². The smallest absolute Gasteiger partial charge is 0.127 e. The van der Waals surface area contributed by atoms with Crippen molar-refractivity contribution in [3.8, 4) is 6.07 Å². The van der Waals surface area contributed by atoms with Crippen molar-refractivity contribution >= 4 is 11.5 Å². The van der Waals surface area contributed by atoms with E-state index in [0.717, 1.165) is 30.0 Å². The number of hydrogen-bond acceptors (Lipinski definition) is 4. The minimum absolute atomic E-state index is 0.685. The molecule has 2 rings (SSSR count). The molecule has 20 heavy (non-hydrogen) atoms. The molecule has 0 aliphatic heterocycles. The summed E-state index contributed by atoms with van der Waals surface area (Å²) in [6.45, 7) is 3.73. The Balaban J connectivity index is 1.98. The predicted molar refractivity (Wildman–Crippen MR) is 81.5 cm³/mol. The first-order chi connectivity index (χ1) is 9.81. The summed E-state index contributed by atoms with van der Waals surface area (Å²) in [4.78, 5) is 4.27. The van der Waals surface area contributed by atoms with E-state index in [2.05, 4.69) is 28.6 Å². The van der Waals surface area contributed by atoms with Gasteiger partial charge in [0.25, 0.3) is 0 Å². The lowest BCUT2D eigenvalue weighted by atomic mass is 10.1. The number of pyridine rings is 1. The standard InChI is InChI=1S/C16H18N4/c1-2-7-18-16-10-15(6-8-19-16)20-12-14-5-3-4-13(9-14)11-17/h3-6,8-10H,2,7,12H2,1H3,(H2,18,19,20). The molecule has 0 spiro atoms. The summed E-state index contributed by atoms with van der Waals surface area (Å²) in [6, 6.07) is 13.7. The van der Waals surface area contributed by atoms with Gasteiger partial charge in [0.15, 0.2) is 0 Å². The highest BCUT2D eigenvalue weighted by molar-refractivity contribution is 5.52. The van der Waals surface area contributed by atoms with E-state index in [-0.39, 0.29) is 0 Å². The van der Waals surface area contributed by atoms with Crippen molar-refractivity contribution < 1.29 is 0 Å². The van der Waals surface area contributed by atoms with Crippen molar-refractivity contribution in [2.75, 3.05) is 17.2 Å². The van der Waals surface area contributed by atoms with Crippen molar-refractivity contribution in [3.63, 3.8) is 0 Å². The first-order valence-electron chi connectivity index (χ1n) is 6.74. The highest BCUT2D eigenvalue weighted by Gasteiger charge is 1.98. The van der Waals surface area contributed by atoms with Crippen LogP contribution in [-0.2, 0) is 6.54 Å². The molecular formula is C16H18N4. The first-order valence-corrected chi connectivity index (χ1v) is 6.74. The van der Waals surface area contributed by atoms with Crippen LogP contribution in [0.2, 0.25) is 0 Å². The minimum Gasteiger partial charge on any atom is -0.381 e. The van der Waals surface area contributed by atoms with Crippen LogP contribution in [0.3, 0.4) is 0 Å². The monoisotopic (exact) mass is 266 g/mol. The van der Waals surface area contributed by atoms with E-state index in [1.807, 2.05) is 36.4 Å². The van der Waals surface area contributed by atoms with Gasteiger partial charge in [-0.3, -0.25) is 0 Å². The van der Waals surface area contributed by atoms with Crippen LogP contribution in [-0.4, -0.2) is 11.5 Å². The molecule has 4 nitrogen and oxygen atoms in total. The Morgan fingerprint density at radius 1 is 1.20 bits per heavy atom. The Hall–Kier alpha value is -2.54. The van der Waals surface area contributed by atoms with Gasteiger partial charge < -0.3 is 10.6 Å². The van der Waals surface area contributed by atoms with E-state index in [1.165, 1.54) is 0 Å². The molecule has 0 atom stereocenters. The zero-order valence-corrected chi connectivity index (χ0v) is 11.6. The molecule has 0 amide bonds. The number of hydrogen-bond donors (Lipinski definition) is 2. The average Bonchev–Trinajstić information content (AvgIpc) is 2.51. The molecule has 0 saturated heterocycles. The molecule has 2 N–H and O–H groups in total. The zero-order chi connectivity index (χ0) is 14.2. The maximum atomic E-state index is 8.88. The Kier molecular flexibility index (Phi) is 4.96. The maximum Gasteiger partial charge on any atom is 0.127 e. The largest absolute Gasteiger partial charge is 0.381 e.